The van der Waals surface area contributed by atoms with E-state index in [4.69, 9.17) is 5.73 Å². The average molecular weight is 365 g/mol. The first kappa shape index (κ1) is 17.7. The van der Waals surface area contributed by atoms with Crippen LogP contribution in [0.2, 0.25) is 0 Å². The number of amides is 1. The number of rotatable bonds is 4. The Morgan fingerprint density at radius 1 is 1.15 bits per heavy atom. The van der Waals surface area contributed by atoms with Crippen molar-refractivity contribution >= 4 is 16.8 Å². The molecule has 1 aromatic heterocycles. The van der Waals surface area contributed by atoms with Gasteiger partial charge in [0.05, 0.1) is 0 Å². The third-order valence-electron chi connectivity index (χ3n) is 5.62. The number of halogens is 1. The Balaban J connectivity index is 1.80. The summed E-state index contributed by atoms with van der Waals surface area (Å²) in [4.78, 5) is 14.4. The van der Waals surface area contributed by atoms with Crippen molar-refractivity contribution in [2.45, 2.75) is 25.3 Å². The van der Waals surface area contributed by atoms with E-state index in [0.29, 0.717) is 18.2 Å². The quantitative estimate of drug-likeness (QED) is 0.766. The van der Waals surface area contributed by atoms with Gasteiger partial charge in [-0.15, -0.1) is 0 Å². The van der Waals surface area contributed by atoms with Crippen molar-refractivity contribution in [1.82, 2.24) is 9.47 Å². The minimum Gasteiger partial charge on any atom is -0.364 e. The van der Waals surface area contributed by atoms with E-state index >= 15 is 0 Å². The van der Waals surface area contributed by atoms with Crippen LogP contribution in [0.5, 0.6) is 0 Å². The number of likely N-dealkylation sites (tertiary alicyclic amines) is 1. The van der Waals surface area contributed by atoms with Crippen molar-refractivity contribution < 1.29 is 9.18 Å². The van der Waals surface area contributed by atoms with Gasteiger partial charge in [0, 0.05) is 17.4 Å². The third kappa shape index (κ3) is 3.47. The highest BCUT2D eigenvalue weighted by Crippen LogP contribution is 2.34. The highest BCUT2D eigenvalue weighted by molar-refractivity contribution is 5.99. The number of piperidine rings is 1. The lowest BCUT2D eigenvalue weighted by molar-refractivity contribution is 0.0992. The van der Waals surface area contributed by atoms with Crippen LogP contribution in [0.1, 0.15) is 40.4 Å². The highest BCUT2D eigenvalue weighted by Gasteiger charge is 2.23. The molecule has 0 radical (unpaired) electrons. The summed E-state index contributed by atoms with van der Waals surface area (Å²) in [6, 6.07) is 14.6. The van der Waals surface area contributed by atoms with Gasteiger partial charge in [-0.1, -0.05) is 24.3 Å². The second-order valence-corrected chi connectivity index (χ2v) is 7.47. The maximum absolute atomic E-state index is 13.6. The first-order chi connectivity index (χ1) is 13.0. The monoisotopic (exact) mass is 365 g/mol. The molecular formula is C22H24FN3O. The molecule has 0 spiro atoms. The molecule has 140 valence electrons. The molecule has 1 fully saturated rings. The van der Waals surface area contributed by atoms with Gasteiger partial charge in [0.15, 0.2) is 0 Å². The number of hydrogen-bond acceptors (Lipinski definition) is 2. The van der Waals surface area contributed by atoms with Gasteiger partial charge < -0.3 is 15.2 Å². The van der Waals surface area contributed by atoms with Gasteiger partial charge in [-0.25, -0.2) is 4.39 Å². The Kier molecular flexibility index (Phi) is 4.70. The van der Waals surface area contributed by atoms with Gasteiger partial charge in [0.2, 0.25) is 0 Å². The highest BCUT2D eigenvalue weighted by atomic mass is 19.1. The Morgan fingerprint density at radius 3 is 2.59 bits per heavy atom. The van der Waals surface area contributed by atoms with E-state index in [1.807, 2.05) is 28.8 Å². The van der Waals surface area contributed by atoms with Crippen molar-refractivity contribution in [3.05, 3.63) is 71.2 Å². The van der Waals surface area contributed by atoms with Crippen molar-refractivity contribution in [2.75, 3.05) is 20.1 Å². The number of nitrogens with zero attached hydrogens (tertiary/aromatic N) is 2. The smallest absolute Gasteiger partial charge is 0.265 e. The summed E-state index contributed by atoms with van der Waals surface area (Å²) in [5, 5.41) is 1.08. The molecule has 3 aromatic rings. The van der Waals surface area contributed by atoms with Gasteiger partial charge in [-0.3, -0.25) is 4.79 Å². The van der Waals surface area contributed by atoms with E-state index in [-0.39, 0.29) is 5.82 Å². The summed E-state index contributed by atoms with van der Waals surface area (Å²) in [6.45, 7) is 2.57. The molecule has 0 saturated carbocycles. The fraction of sp³-hybridized carbons (Fsp3) is 0.318. The standard InChI is InChI=1S/C22H24FN3O/c1-25-10-8-16(9-11-25)18-6-3-7-20-19(18)13-21(22(24)27)26(20)14-15-4-2-5-17(23)12-15/h2-7,12-13,16H,8-11,14H2,1H3,(H2,24,27). The minimum absolute atomic E-state index is 0.281. The molecule has 2 heterocycles. The van der Waals surface area contributed by atoms with Crippen LogP contribution >= 0.6 is 0 Å². The van der Waals surface area contributed by atoms with Gasteiger partial charge in [0.1, 0.15) is 11.5 Å². The zero-order chi connectivity index (χ0) is 19.0. The van der Waals surface area contributed by atoms with E-state index in [1.54, 1.807) is 6.07 Å². The summed E-state index contributed by atoms with van der Waals surface area (Å²) in [5.74, 6) is -0.260. The molecular weight excluding hydrogens is 341 g/mol. The Hall–Kier alpha value is -2.66. The Labute approximate surface area is 158 Å². The van der Waals surface area contributed by atoms with Crippen LogP contribution < -0.4 is 5.73 Å². The molecule has 4 nitrogen and oxygen atoms in total. The predicted molar refractivity (Wildman–Crippen MR) is 105 cm³/mol. The lowest BCUT2D eigenvalue weighted by Gasteiger charge is -2.29. The van der Waals surface area contributed by atoms with E-state index in [2.05, 4.69) is 18.0 Å². The van der Waals surface area contributed by atoms with Crippen LogP contribution in [-0.2, 0) is 6.54 Å². The largest absolute Gasteiger partial charge is 0.364 e. The molecule has 0 aliphatic carbocycles. The van der Waals surface area contributed by atoms with E-state index < -0.39 is 5.91 Å². The van der Waals surface area contributed by atoms with E-state index in [1.165, 1.54) is 17.7 Å². The lowest BCUT2D eigenvalue weighted by atomic mass is 9.87. The molecule has 1 aliphatic heterocycles. The number of benzene rings is 2. The van der Waals surface area contributed by atoms with Gasteiger partial charge >= 0.3 is 0 Å². The van der Waals surface area contributed by atoms with Crippen LogP contribution in [0.25, 0.3) is 10.9 Å². The van der Waals surface area contributed by atoms with Crippen LogP contribution in [-0.4, -0.2) is 35.5 Å². The van der Waals surface area contributed by atoms with E-state index in [0.717, 1.165) is 42.4 Å². The summed E-state index contributed by atoms with van der Waals surface area (Å²) in [7, 11) is 2.15. The van der Waals surface area contributed by atoms with Crippen molar-refractivity contribution in [2.24, 2.45) is 5.73 Å². The number of carbonyl (C=O) groups excluding carboxylic acids is 1. The van der Waals surface area contributed by atoms with Crippen molar-refractivity contribution in [1.29, 1.82) is 0 Å². The molecule has 0 bridgehead atoms. The second kappa shape index (κ2) is 7.16. The van der Waals surface area contributed by atoms with E-state index in [9.17, 15) is 9.18 Å². The SMILES string of the molecule is CN1CCC(c2cccc3c2cc(C(N)=O)n3Cc2cccc(F)c2)CC1. The maximum atomic E-state index is 13.6. The number of fused-ring (bicyclic) bond motifs is 1. The number of hydrogen-bond donors (Lipinski definition) is 1. The first-order valence-corrected chi connectivity index (χ1v) is 9.38. The summed E-state index contributed by atoms with van der Waals surface area (Å²) < 4.78 is 15.5. The normalized spacial score (nSPS) is 16.1. The number of nitrogens with two attached hydrogens (primary N) is 1. The summed E-state index contributed by atoms with van der Waals surface area (Å²) in [5.41, 5.74) is 9.20. The molecule has 1 saturated heterocycles. The molecule has 0 unspecified atom stereocenters. The molecule has 4 rings (SSSR count). The molecule has 2 N–H and O–H groups in total. The second-order valence-electron chi connectivity index (χ2n) is 7.47. The topological polar surface area (TPSA) is 51.3 Å². The van der Waals surface area contributed by atoms with Gasteiger partial charge in [-0.2, -0.15) is 0 Å². The number of carbonyl (C=O) groups is 1. The number of aromatic nitrogens is 1. The van der Waals surface area contributed by atoms with Gasteiger partial charge in [0.25, 0.3) is 5.91 Å². The molecule has 1 aliphatic rings. The Bertz CT molecular complexity index is 986. The number of primary amides is 1. The van der Waals surface area contributed by atoms with Crippen molar-refractivity contribution in [3.63, 3.8) is 0 Å². The summed E-state index contributed by atoms with van der Waals surface area (Å²) >= 11 is 0. The van der Waals surface area contributed by atoms with Crippen LogP contribution in [0, 0.1) is 5.82 Å². The Morgan fingerprint density at radius 2 is 1.89 bits per heavy atom. The summed E-state index contributed by atoms with van der Waals surface area (Å²) in [6.07, 6.45) is 2.22. The molecule has 2 aromatic carbocycles. The molecule has 5 heteroatoms. The van der Waals surface area contributed by atoms with Gasteiger partial charge in [-0.05, 0) is 74.3 Å². The fourth-order valence-electron chi connectivity index (χ4n) is 4.18. The van der Waals surface area contributed by atoms with Crippen LogP contribution in [0.4, 0.5) is 4.39 Å². The van der Waals surface area contributed by atoms with Crippen LogP contribution in [0.3, 0.4) is 0 Å². The molecule has 1 amide bonds. The van der Waals surface area contributed by atoms with Crippen LogP contribution in [0.15, 0.2) is 48.5 Å². The lowest BCUT2D eigenvalue weighted by Crippen LogP contribution is -2.29. The minimum atomic E-state index is -0.461. The first-order valence-electron chi connectivity index (χ1n) is 9.38. The molecule has 0 atom stereocenters. The third-order valence-corrected chi connectivity index (χ3v) is 5.62. The zero-order valence-electron chi connectivity index (χ0n) is 15.5. The maximum Gasteiger partial charge on any atom is 0.265 e. The predicted octanol–water partition coefficient (Wildman–Crippen LogP) is 3.74. The van der Waals surface area contributed by atoms with Crippen molar-refractivity contribution in [3.8, 4) is 0 Å². The average Bonchev–Trinajstić information content (AvgIpc) is 3.01. The molecule has 27 heavy (non-hydrogen) atoms. The fourth-order valence-corrected chi connectivity index (χ4v) is 4.18. The zero-order valence-corrected chi connectivity index (χ0v) is 15.5.